The van der Waals surface area contributed by atoms with Crippen LogP contribution in [0.2, 0.25) is 0 Å². The summed E-state index contributed by atoms with van der Waals surface area (Å²) in [5, 5.41) is 4.45. The van der Waals surface area contributed by atoms with Crippen molar-refractivity contribution in [3.63, 3.8) is 0 Å². The van der Waals surface area contributed by atoms with Crippen LogP contribution in [0.5, 0.6) is 5.75 Å². The summed E-state index contributed by atoms with van der Waals surface area (Å²) in [5.41, 5.74) is 3.40. The van der Waals surface area contributed by atoms with Gasteiger partial charge < -0.3 is 13.8 Å². The Labute approximate surface area is 160 Å². The van der Waals surface area contributed by atoms with E-state index in [-0.39, 0.29) is 0 Å². The Morgan fingerprint density at radius 2 is 2.00 bits per heavy atom. The van der Waals surface area contributed by atoms with Gasteiger partial charge in [0, 0.05) is 37.1 Å². The zero-order chi connectivity index (χ0) is 18.6. The molecular formula is C22H27N3O2. The molecule has 5 nitrogen and oxygen atoms in total. The van der Waals surface area contributed by atoms with E-state index >= 15 is 0 Å². The number of hydrogen-bond donors (Lipinski definition) is 0. The average molecular weight is 365 g/mol. The second kappa shape index (κ2) is 8.01. The molecule has 0 unspecified atom stereocenters. The molecule has 0 bridgehead atoms. The zero-order valence-corrected chi connectivity index (χ0v) is 16.1. The normalized spacial score (nSPS) is 18.4. The van der Waals surface area contributed by atoms with Gasteiger partial charge in [-0.2, -0.15) is 0 Å². The fraction of sp³-hybridized carbons (Fsp3) is 0.409. The van der Waals surface area contributed by atoms with Gasteiger partial charge in [-0.3, -0.25) is 4.90 Å². The first-order valence-corrected chi connectivity index (χ1v) is 9.70. The lowest BCUT2D eigenvalue weighted by molar-refractivity contribution is 0.180. The van der Waals surface area contributed by atoms with Crippen LogP contribution in [0, 0.1) is 0 Å². The van der Waals surface area contributed by atoms with Crippen molar-refractivity contribution in [3.05, 3.63) is 60.0 Å². The standard InChI is InChI=1S/C22H27N3O2/c1-24-13-6-7-18(24)16-25-14-5-3-4-8-21(25)20-15-22(27-23-20)17-9-11-19(26-2)12-10-17/h6-7,9-13,15,21H,3-5,8,14,16H2,1-2H3/t21-/m1/s1. The van der Waals surface area contributed by atoms with Crippen LogP contribution in [0.25, 0.3) is 11.3 Å². The van der Waals surface area contributed by atoms with Crippen molar-refractivity contribution in [1.29, 1.82) is 0 Å². The maximum Gasteiger partial charge on any atom is 0.167 e. The minimum atomic E-state index is 0.304. The van der Waals surface area contributed by atoms with E-state index in [1.165, 1.54) is 25.0 Å². The van der Waals surface area contributed by atoms with E-state index in [2.05, 4.69) is 46.1 Å². The molecule has 1 aliphatic heterocycles. The number of benzene rings is 1. The van der Waals surface area contributed by atoms with E-state index in [1.54, 1.807) is 7.11 Å². The van der Waals surface area contributed by atoms with Crippen LogP contribution in [-0.4, -0.2) is 28.3 Å². The van der Waals surface area contributed by atoms with Crippen molar-refractivity contribution in [2.75, 3.05) is 13.7 Å². The second-order valence-electron chi connectivity index (χ2n) is 7.29. The van der Waals surface area contributed by atoms with E-state index in [4.69, 9.17) is 9.26 Å². The van der Waals surface area contributed by atoms with Crippen molar-refractivity contribution >= 4 is 0 Å². The number of hydrogen-bond acceptors (Lipinski definition) is 4. The molecule has 1 aliphatic rings. The van der Waals surface area contributed by atoms with Crippen LogP contribution in [0.3, 0.4) is 0 Å². The molecule has 1 saturated heterocycles. The predicted molar refractivity (Wildman–Crippen MR) is 106 cm³/mol. The Morgan fingerprint density at radius 1 is 1.15 bits per heavy atom. The number of likely N-dealkylation sites (tertiary alicyclic amines) is 1. The third-order valence-electron chi connectivity index (χ3n) is 5.52. The van der Waals surface area contributed by atoms with Crippen LogP contribution in [-0.2, 0) is 13.6 Å². The number of aryl methyl sites for hydroxylation is 1. The summed E-state index contributed by atoms with van der Waals surface area (Å²) in [6, 6.07) is 14.6. The van der Waals surface area contributed by atoms with Crippen molar-refractivity contribution in [2.45, 2.75) is 38.3 Å². The number of aromatic nitrogens is 2. The first kappa shape index (κ1) is 17.9. The lowest BCUT2D eigenvalue weighted by Crippen LogP contribution is -2.29. The molecule has 4 rings (SSSR count). The summed E-state index contributed by atoms with van der Waals surface area (Å²) in [6.45, 7) is 2.04. The Kier molecular flexibility index (Phi) is 5.30. The quantitative estimate of drug-likeness (QED) is 0.651. The van der Waals surface area contributed by atoms with Crippen LogP contribution >= 0.6 is 0 Å². The van der Waals surface area contributed by atoms with Gasteiger partial charge in [0.25, 0.3) is 0 Å². The molecule has 3 heterocycles. The van der Waals surface area contributed by atoms with Crippen molar-refractivity contribution in [2.24, 2.45) is 7.05 Å². The monoisotopic (exact) mass is 365 g/mol. The Hall–Kier alpha value is -2.53. The summed E-state index contributed by atoms with van der Waals surface area (Å²) in [6.07, 6.45) is 6.99. The molecule has 2 aromatic heterocycles. The smallest absolute Gasteiger partial charge is 0.167 e. The molecular weight excluding hydrogens is 338 g/mol. The van der Waals surface area contributed by atoms with Gasteiger partial charge in [0.05, 0.1) is 13.2 Å². The first-order chi connectivity index (χ1) is 13.2. The van der Waals surface area contributed by atoms with Crippen LogP contribution < -0.4 is 4.74 Å². The third-order valence-corrected chi connectivity index (χ3v) is 5.52. The molecule has 0 saturated carbocycles. The SMILES string of the molecule is COc1ccc(-c2cc([C@H]3CCCCCN3Cc3cccn3C)no2)cc1. The Balaban J connectivity index is 1.57. The molecule has 27 heavy (non-hydrogen) atoms. The average Bonchev–Trinajstić information content (AvgIpc) is 3.27. The van der Waals surface area contributed by atoms with Gasteiger partial charge in [0.2, 0.25) is 0 Å². The molecule has 3 aromatic rings. The van der Waals surface area contributed by atoms with Crippen molar-refractivity contribution < 1.29 is 9.26 Å². The van der Waals surface area contributed by atoms with E-state index < -0.39 is 0 Å². The van der Waals surface area contributed by atoms with E-state index in [1.807, 2.05) is 24.3 Å². The summed E-state index contributed by atoms with van der Waals surface area (Å²) < 4.78 is 13.1. The largest absolute Gasteiger partial charge is 0.497 e. The highest BCUT2D eigenvalue weighted by Crippen LogP contribution is 2.33. The molecule has 5 heteroatoms. The molecule has 1 aromatic carbocycles. The first-order valence-electron chi connectivity index (χ1n) is 9.70. The lowest BCUT2D eigenvalue weighted by Gasteiger charge is -2.28. The van der Waals surface area contributed by atoms with Crippen LogP contribution in [0.4, 0.5) is 0 Å². The molecule has 0 amide bonds. The highest BCUT2D eigenvalue weighted by molar-refractivity contribution is 5.58. The lowest BCUT2D eigenvalue weighted by atomic mass is 10.0. The molecule has 142 valence electrons. The summed E-state index contributed by atoms with van der Waals surface area (Å²) in [4.78, 5) is 2.55. The molecule has 1 atom stereocenters. The second-order valence-corrected chi connectivity index (χ2v) is 7.29. The van der Waals surface area contributed by atoms with Gasteiger partial charge >= 0.3 is 0 Å². The minimum absolute atomic E-state index is 0.304. The molecule has 0 spiro atoms. The fourth-order valence-corrected chi connectivity index (χ4v) is 3.90. The van der Waals surface area contributed by atoms with Crippen LogP contribution in [0.15, 0.2) is 53.2 Å². The van der Waals surface area contributed by atoms with Gasteiger partial charge in [0.15, 0.2) is 5.76 Å². The maximum atomic E-state index is 5.70. The number of ether oxygens (including phenoxy) is 1. The van der Waals surface area contributed by atoms with Gasteiger partial charge in [-0.25, -0.2) is 0 Å². The van der Waals surface area contributed by atoms with E-state index in [9.17, 15) is 0 Å². The van der Waals surface area contributed by atoms with E-state index in [0.29, 0.717) is 6.04 Å². The highest BCUT2D eigenvalue weighted by atomic mass is 16.5. The number of nitrogens with zero attached hydrogens (tertiary/aromatic N) is 3. The molecule has 0 N–H and O–H groups in total. The van der Waals surface area contributed by atoms with Crippen molar-refractivity contribution in [3.8, 4) is 17.1 Å². The zero-order valence-electron chi connectivity index (χ0n) is 16.1. The van der Waals surface area contributed by atoms with Gasteiger partial charge in [0.1, 0.15) is 11.4 Å². The predicted octanol–water partition coefficient (Wildman–Crippen LogP) is 4.81. The third kappa shape index (κ3) is 3.93. The maximum absolute atomic E-state index is 5.70. The number of rotatable bonds is 5. The molecule has 1 fully saturated rings. The molecule has 0 radical (unpaired) electrons. The van der Waals surface area contributed by atoms with E-state index in [0.717, 1.165) is 42.3 Å². The summed E-state index contributed by atoms with van der Waals surface area (Å²) >= 11 is 0. The molecule has 0 aliphatic carbocycles. The van der Waals surface area contributed by atoms with Gasteiger partial charge in [-0.05, 0) is 55.8 Å². The fourth-order valence-electron chi connectivity index (χ4n) is 3.90. The number of methoxy groups -OCH3 is 1. The summed E-state index contributed by atoms with van der Waals surface area (Å²) in [7, 11) is 3.79. The Bertz CT molecular complexity index is 866. The minimum Gasteiger partial charge on any atom is -0.497 e. The highest BCUT2D eigenvalue weighted by Gasteiger charge is 2.26. The van der Waals surface area contributed by atoms with Gasteiger partial charge in [-0.15, -0.1) is 0 Å². The topological polar surface area (TPSA) is 43.4 Å². The Morgan fingerprint density at radius 3 is 2.74 bits per heavy atom. The van der Waals surface area contributed by atoms with Gasteiger partial charge in [-0.1, -0.05) is 18.0 Å². The van der Waals surface area contributed by atoms with Crippen molar-refractivity contribution in [1.82, 2.24) is 14.6 Å². The summed E-state index contributed by atoms with van der Waals surface area (Å²) in [5.74, 6) is 1.66. The van der Waals surface area contributed by atoms with Crippen LogP contribution in [0.1, 0.15) is 43.1 Å².